The number of hydrogen-bond donors (Lipinski definition) is 6. The number of nitrogens with two attached hydrogens (primary N) is 6. The molecule has 4 aliphatic heterocycles. The molecule has 324 valence electrons. The van der Waals surface area contributed by atoms with Crippen molar-refractivity contribution in [1.82, 2.24) is 19.9 Å². The summed E-state index contributed by atoms with van der Waals surface area (Å²) in [5.41, 5.74) is 38.6. The largest absolute Gasteiger partial charge is 0.383 e. The Morgan fingerprint density at radius 2 is 1.23 bits per heavy atom. The molecule has 2 spiro atoms. The lowest BCUT2D eigenvalue weighted by Crippen LogP contribution is -2.51. The van der Waals surface area contributed by atoms with E-state index in [2.05, 4.69) is 19.9 Å². The number of rotatable bonds is 6. The second-order valence-electron chi connectivity index (χ2n) is 16.5. The molecule has 0 unspecified atom stereocenters. The van der Waals surface area contributed by atoms with Gasteiger partial charge in [-0.15, -0.1) is 23.2 Å². The first-order chi connectivity index (χ1) is 28.5. The number of amides is 2. The molecule has 16 nitrogen and oxygen atoms in total. The molecule has 2 aromatic rings. The molecule has 6 aliphatic rings. The lowest BCUT2D eigenvalue weighted by Gasteiger charge is -2.41. The third kappa shape index (κ3) is 8.29. The van der Waals surface area contributed by atoms with Gasteiger partial charge in [0, 0.05) is 49.1 Å². The Bertz CT molecular complexity index is 2150. The molecule has 8 rings (SSSR count). The Hall–Kier alpha value is -3.74. The quantitative estimate of drug-likeness (QED) is 0.224. The van der Waals surface area contributed by atoms with Crippen molar-refractivity contribution in [2.45, 2.75) is 87.4 Å². The van der Waals surface area contributed by atoms with E-state index in [1.54, 1.807) is 18.2 Å². The van der Waals surface area contributed by atoms with Crippen molar-refractivity contribution >= 4 is 92.9 Å². The van der Waals surface area contributed by atoms with Crippen molar-refractivity contribution in [2.24, 2.45) is 33.8 Å². The maximum atomic E-state index is 12.2. The fourth-order valence-electron chi connectivity index (χ4n) is 9.17. The predicted molar refractivity (Wildman–Crippen MR) is 237 cm³/mol. The molecule has 0 radical (unpaired) electrons. The molecule has 6 heterocycles. The zero-order chi connectivity index (χ0) is 43.3. The minimum Gasteiger partial charge on any atom is -0.383 e. The maximum absolute atomic E-state index is 12.2. The number of ether oxygens (including phenoxy) is 2. The zero-order valence-electron chi connectivity index (χ0n) is 33.6. The van der Waals surface area contributed by atoms with Gasteiger partial charge < -0.3 is 53.7 Å². The first-order valence-corrected chi connectivity index (χ1v) is 21.7. The standard InChI is InChI=1S/2C20H26Cl2N6O2/c2*1-10-16(23)20(9-30-10)5-7-28(8-6-20)19-26-15(18(25)29)13(17(24)27-19)11-3-2-4-12(21)14(11)22/h4,10,16H,2-3,5-9,23H2,1H3,(H2,25,29)(H2,24,26,27);2-4,10,12,14,16H,5-9,23H2,1H3,(H2,25,29)(H2,24,26,27)/t10-,16+;10-,12-,14+,16+/m00/s1. The van der Waals surface area contributed by atoms with E-state index in [4.69, 9.17) is 90.3 Å². The molecule has 4 fully saturated rings. The van der Waals surface area contributed by atoms with Crippen LogP contribution in [0.3, 0.4) is 0 Å². The van der Waals surface area contributed by atoms with Gasteiger partial charge in [0.15, 0.2) is 0 Å². The van der Waals surface area contributed by atoms with Gasteiger partial charge >= 0.3 is 0 Å². The van der Waals surface area contributed by atoms with Crippen LogP contribution in [0, 0.1) is 10.8 Å². The van der Waals surface area contributed by atoms with Crippen LogP contribution in [0.2, 0.25) is 0 Å². The summed E-state index contributed by atoms with van der Waals surface area (Å²) in [5, 5.41) is -0.252. The fraction of sp³-hybridized carbons (Fsp3) is 0.550. The van der Waals surface area contributed by atoms with E-state index in [0.29, 0.717) is 96.5 Å². The summed E-state index contributed by atoms with van der Waals surface area (Å²) in [6.45, 7) is 8.12. The number of anilines is 4. The van der Waals surface area contributed by atoms with Crippen molar-refractivity contribution in [3.05, 3.63) is 56.9 Å². The Labute approximate surface area is 369 Å². The van der Waals surface area contributed by atoms with Gasteiger partial charge in [-0.3, -0.25) is 9.59 Å². The van der Waals surface area contributed by atoms with E-state index in [-0.39, 0.29) is 58.1 Å². The van der Waals surface area contributed by atoms with Crippen LogP contribution in [0.15, 0.2) is 34.4 Å². The van der Waals surface area contributed by atoms with E-state index in [1.807, 2.05) is 29.7 Å². The molecule has 4 saturated heterocycles. The van der Waals surface area contributed by atoms with Crippen LogP contribution < -0.4 is 44.2 Å². The molecule has 20 heteroatoms. The fourth-order valence-corrected chi connectivity index (χ4v) is 10.1. The third-order valence-corrected chi connectivity index (χ3v) is 14.9. The van der Waals surface area contributed by atoms with Crippen molar-refractivity contribution < 1.29 is 19.1 Å². The SMILES string of the molecule is C[C@@H]1OCC2(CCN(c3nc(N)c(C4=C(Cl)C(Cl)=CCC4)c(C(N)=O)n3)CC2)[C@@H]1N.C[C@@H]1OCC2(CCN(c3nc(N)c(C4=CC=C[C@H](Cl)[C@@H]4Cl)c(C(N)=O)n3)CC2)[C@@H]1N. The molecule has 0 aromatic carbocycles. The number of allylic oxidation sites excluding steroid dienone is 8. The highest BCUT2D eigenvalue weighted by Crippen LogP contribution is 2.45. The topological polar surface area (TPSA) is 267 Å². The molecule has 2 amide bonds. The van der Waals surface area contributed by atoms with Crippen LogP contribution in [0.1, 0.15) is 84.5 Å². The van der Waals surface area contributed by atoms with Crippen LogP contribution in [-0.2, 0) is 9.47 Å². The Morgan fingerprint density at radius 1 is 0.767 bits per heavy atom. The van der Waals surface area contributed by atoms with E-state index >= 15 is 0 Å². The summed E-state index contributed by atoms with van der Waals surface area (Å²) in [7, 11) is 0. The summed E-state index contributed by atoms with van der Waals surface area (Å²) in [4.78, 5) is 46.4. The van der Waals surface area contributed by atoms with Gasteiger partial charge in [-0.1, -0.05) is 47.5 Å². The number of carbonyl (C=O) groups excluding carboxylic acids is 2. The number of piperidine rings is 2. The van der Waals surface area contributed by atoms with E-state index in [1.165, 1.54) is 0 Å². The highest BCUT2D eigenvalue weighted by atomic mass is 35.5. The predicted octanol–water partition coefficient (Wildman–Crippen LogP) is 4.02. The summed E-state index contributed by atoms with van der Waals surface area (Å²) < 4.78 is 11.6. The first-order valence-electron chi connectivity index (χ1n) is 20.1. The van der Waals surface area contributed by atoms with Crippen LogP contribution in [0.5, 0.6) is 0 Å². The third-order valence-electron chi connectivity index (χ3n) is 13.0. The van der Waals surface area contributed by atoms with Gasteiger partial charge in [-0.25, -0.2) is 9.97 Å². The highest BCUT2D eigenvalue weighted by Gasteiger charge is 2.49. The Kier molecular flexibility index (Phi) is 13.0. The number of hydrogen-bond acceptors (Lipinski definition) is 14. The van der Waals surface area contributed by atoms with Crippen molar-refractivity contribution in [1.29, 1.82) is 0 Å². The van der Waals surface area contributed by atoms with Crippen LogP contribution >= 0.6 is 46.4 Å². The highest BCUT2D eigenvalue weighted by molar-refractivity contribution is 6.46. The van der Waals surface area contributed by atoms with Crippen molar-refractivity contribution in [3.63, 3.8) is 0 Å². The second kappa shape index (κ2) is 17.6. The smallest absolute Gasteiger partial charge is 0.268 e. The van der Waals surface area contributed by atoms with E-state index < -0.39 is 22.6 Å². The van der Waals surface area contributed by atoms with Gasteiger partial charge in [-0.05, 0) is 63.5 Å². The minimum absolute atomic E-state index is 0.00430. The molecular formula is C40H52Cl4N12O4. The van der Waals surface area contributed by atoms with Crippen molar-refractivity contribution in [3.8, 4) is 0 Å². The molecule has 2 aliphatic carbocycles. The molecule has 60 heavy (non-hydrogen) atoms. The molecule has 0 bridgehead atoms. The van der Waals surface area contributed by atoms with Gasteiger partial charge in [0.25, 0.3) is 11.8 Å². The number of alkyl halides is 2. The molecule has 0 saturated carbocycles. The average Bonchev–Trinajstić information content (AvgIpc) is 3.65. The van der Waals surface area contributed by atoms with Gasteiger partial charge in [-0.2, -0.15) is 9.97 Å². The summed E-state index contributed by atoms with van der Waals surface area (Å²) in [5.74, 6) is -0.297. The Morgan fingerprint density at radius 3 is 1.68 bits per heavy atom. The molecule has 6 atom stereocenters. The monoisotopic (exact) mass is 904 g/mol. The number of aromatic nitrogens is 4. The molecule has 12 N–H and O–H groups in total. The van der Waals surface area contributed by atoms with Crippen LogP contribution in [0.4, 0.5) is 23.5 Å². The number of carbonyl (C=O) groups is 2. The van der Waals surface area contributed by atoms with Gasteiger partial charge in [0.05, 0.1) is 57.4 Å². The summed E-state index contributed by atoms with van der Waals surface area (Å²) in [6, 6.07) is 0.0111. The summed E-state index contributed by atoms with van der Waals surface area (Å²) >= 11 is 25.3. The maximum Gasteiger partial charge on any atom is 0.268 e. The van der Waals surface area contributed by atoms with Crippen molar-refractivity contribution in [2.75, 3.05) is 60.7 Å². The zero-order valence-corrected chi connectivity index (χ0v) is 36.6. The number of primary amides is 2. The summed E-state index contributed by atoms with van der Waals surface area (Å²) in [6.07, 6.45) is 11.9. The minimum atomic E-state index is -0.695. The molecular weight excluding hydrogens is 854 g/mol. The number of nitrogen functional groups attached to an aromatic ring is 2. The molecule has 2 aromatic heterocycles. The number of nitrogens with zero attached hydrogens (tertiary/aromatic N) is 6. The first kappa shape index (κ1) is 44.3. The van der Waals surface area contributed by atoms with Crippen LogP contribution in [0.25, 0.3) is 11.1 Å². The lowest BCUT2D eigenvalue weighted by atomic mass is 9.73. The van der Waals surface area contributed by atoms with E-state index in [9.17, 15) is 9.59 Å². The Balaban J connectivity index is 0.000000181. The van der Waals surface area contributed by atoms with Crippen LogP contribution in [-0.4, -0.2) is 106 Å². The second-order valence-corrected chi connectivity index (χ2v) is 18.3. The van der Waals surface area contributed by atoms with Gasteiger partial charge in [0.1, 0.15) is 23.0 Å². The number of halogens is 4. The normalized spacial score (nSPS) is 28.4. The average molecular weight is 907 g/mol. The van der Waals surface area contributed by atoms with Gasteiger partial charge in [0.2, 0.25) is 11.9 Å². The lowest BCUT2D eigenvalue weighted by molar-refractivity contribution is 0.0971. The van der Waals surface area contributed by atoms with E-state index in [0.717, 1.165) is 25.7 Å².